The monoisotopic (exact) mass is 448 g/mol. The van der Waals surface area contributed by atoms with Crippen LogP contribution < -0.4 is 10.5 Å². The number of hydrogen-bond acceptors (Lipinski definition) is 5. The number of thiophene rings is 1. The summed E-state index contributed by atoms with van der Waals surface area (Å²) in [5.74, 6) is -0.314. The summed E-state index contributed by atoms with van der Waals surface area (Å²) < 4.78 is 25.3. The van der Waals surface area contributed by atoms with Crippen LogP contribution in [0.3, 0.4) is 0 Å². The number of nitrogens with one attached hydrogen (secondary N) is 1. The van der Waals surface area contributed by atoms with Gasteiger partial charge in [0.2, 0.25) is 10.0 Å². The molecular weight excluding hydrogens is 432 g/mol. The van der Waals surface area contributed by atoms with Gasteiger partial charge in [-0.1, -0.05) is 24.3 Å². The van der Waals surface area contributed by atoms with E-state index in [1.54, 1.807) is 28.2 Å². The summed E-state index contributed by atoms with van der Waals surface area (Å²) in [5, 5.41) is 14.7. The smallest absolute Gasteiger partial charge is 0.256 e. The molecule has 1 aliphatic rings. The molecule has 0 unspecified atom stereocenters. The van der Waals surface area contributed by atoms with Crippen molar-refractivity contribution in [1.82, 2.24) is 9.78 Å². The Hall–Kier alpha value is -3.53. The van der Waals surface area contributed by atoms with Crippen molar-refractivity contribution in [2.24, 2.45) is 5.14 Å². The molecule has 0 fully saturated rings. The van der Waals surface area contributed by atoms with Crippen LogP contribution in [0.25, 0.3) is 27.9 Å². The van der Waals surface area contributed by atoms with E-state index >= 15 is 0 Å². The number of nitrogens with two attached hydrogens (primary N) is 1. The number of carbonyl (C=O) groups is 1. The highest BCUT2D eigenvalue weighted by Gasteiger charge is 2.27. The van der Waals surface area contributed by atoms with Crippen molar-refractivity contribution in [3.8, 4) is 16.3 Å². The fraction of sp³-hybridized carbons (Fsp3) is 0. The number of fused-ring (bicyclic) bond motifs is 1. The highest BCUT2D eigenvalue weighted by atomic mass is 32.2. The van der Waals surface area contributed by atoms with Gasteiger partial charge in [-0.3, -0.25) is 4.79 Å². The van der Waals surface area contributed by atoms with Gasteiger partial charge >= 0.3 is 0 Å². The minimum Gasteiger partial charge on any atom is -0.321 e. The van der Waals surface area contributed by atoms with E-state index in [4.69, 9.17) is 10.2 Å². The van der Waals surface area contributed by atoms with Crippen LogP contribution >= 0.6 is 11.3 Å². The van der Waals surface area contributed by atoms with Crippen molar-refractivity contribution in [1.29, 1.82) is 0 Å². The lowest BCUT2D eigenvalue weighted by atomic mass is 10.0. The quantitative estimate of drug-likeness (QED) is 0.464. The van der Waals surface area contributed by atoms with E-state index < -0.39 is 10.0 Å². The average molecular weight is 449 g/mol. The maximum atomic E-state index is 12.7. The van der Waals surface area contributed by atoms with Gasteiger partial charge < -0.3 is 5.32 Å². The Morgan fingerprint density at radius 3 is 2.58 bits per heavy atom. The van der Waals surface area contributed by atoms with E-state index in [1.165, 1.54) is 12.1 Å². The Bertz CT molecular complexity index is 1440. The molecule has 0 atom stereocenters. The molecule has 0 spiro atoms. The fourth-order valence-corrected chi connectivity index (χ4v) is 4.72. The normalized spacial score (nSPS) is 14.6. The second-order valence-electron chi connectivity index (χ2n) is 6.96. The van der Waals surface area contributed by atoms with Gasteiger partial charge in [-0.2, -0.15) is 5.10 Å². The Kier molecular flexibility index (Phi) is 4.58. The predicted octanol–water partition coefficient (Wildman–Crippen LogP) is 3.74. The van der Waals surface area contributed by atoms with Crippen LogP contribution in [0.5, 0.6) is 0 Å². The van der Waals surface area contributed by atoms with Crippen molar-refractivity contribution in [3.63, 3.8) is 0 Å². The number of nitrogens with zero attached hydrogens (tertiary/aromatic N) is 2. The van der Waals surface area contributed by atoms with E-state index in [-0.39, 0.29) is 10.8 Å². The zero-order valence-electron chi connectivity index (χ0n) is 16.0. The van der Waals surface area contributed by atoms with Gasteiger partial charge in [0.05, 0.1) is 15.5 Å². The Balaban J connectivity index is 1.68. The number of aromatic nitrogens is 2. The molecule has 5 rings (SSSR count). The van der Waals surface area contributed by atoms with E-state index in [2.05, 4.69) is 5.32 Å². The van der Waals surface area contributed by atoms with Gasteiger partial charge in [-0.15, -0.1) is 11.3 Å². The van der Waals surface area contributed by atoms with Crippen LogP contribution in [0, 0.1) is 0 Å². The molecule has 2 aromatic heterocycles. The SMILES string of the molecule is NS(=O)(=O)c1ccc2c(c1)/C(=C/c1cn(-c3ccccc3)nc1-c1cccs1)C(=O)N2. The van der Waals surface area contributed by atoms with E-state index in [0.29, 0.717) is 16.8 Å². The summed E-state index contributed by atoms with van der Waals surface area (Å²) in [6.45, 7) is 0. The third kappa shape index (κ3) is 3.59. The number of amides is 1. The molecule has 0 saturated carbocycles. The zero-order chi connectivity index (χ0) is 21.6. The summed E-state index contributed by atoms with van der Waals surface area (Å²) in [6, 6.07) is 17.9. The Morgan fingerprint density at radius 1 is 1.06 bits per heavy atom. The first-order chi connectivity index (χ1) is 14.9. The summed E-state index contributed by atoms with van der Waals surface area (Å²) >= 11 is 1.55. The summed E-state index contributed by atoms with van der Waals surface area (Å²) in [4.78, 5) is 13.6. The lowest BCUT2D eigenvalue weighted by Crippen LogP contribution is -2.12. The summed E-state index contributed by atoms with van der Waals surface area (Å²) in [7, 11) is -3.89. The minimum atomic E-state index is -3.89. The molecule has 1 amide bonds. The summed E-state index contributed by atoms with van der Waals surface area (Å²) in [6.07, 6.45) is 3.59. The van der Waals surface area contributed by atoms with Gasteiger partial charge in [0.1, 0.15) is 5.69 Å². The lowest BCUT2D eigenvalue weighted by Gasteiger charge is -2.02. The van der Waals surface area contributed by atoms with E-state index in [9.17, 15) is 13.2 Å². The molecule has 9 heteroatoms. The topological polar surface area (TPSA) is 107 Å². The fourth-order valence-electron chi connectivity index (χ4n) is 3.45. The molecule has 1 aliphatic heterocycles. The Labute approximate surface area is 182 Å². The second-order valence-corrected chi connectivity index (χ2v) is 9.46. The molecule has 3 N–H and O–H groups in total. The van der Waals surface area contributed by atoms with Crippen molar-refractivity contribution < 1.29 is 13.2 Å². The minimum absolute atomic E-state index is 0.0490. The number of carbonyl (C=O) groups excluding carboxylic acids is 1. The van der Waals surface area contributed by atoms with Crippen LogP contribution in [0.15, 0.2) is 77.1 Å². The molecule has 0 saturated heterocycles. The Morgan fingerprint density at radius 2 is 1.87 bits per heavy atom. The van der Waals surface area contributed by atoms with Gasteiger partial charge in [0, 0.05) is 28.6 Å². The third-order valence-electron chi connectivity index (χ3n) is 4.92. The van der Waals surface area contributed by atoms with Crippen LogP contribution in [-0.2, 0) is 14.8 Å². The van der Waals surface area contributed by atoms with Gasteiger partial charge in [-0.25, -0.2) is 18.2 Å². The van der Waals surface area contributed by atoms with E-state index in [0.717, 1.165) is 21.8 Å². The highest BCUT2D eigenvalue weighted by Crippen LogP contribution is 2.37. The average Bonchev–Trinajstić information content (AvgIpc) is 3.47. The highest BCUT2D eigenvalue weighted by molar-refractivity contribution is 7.89. The molecule has 0 radical (unpaired) electrons. The van der Waals surface area contributed by atoms with Gasteiger partial charge in [0.25, 0.3) is 5.91 Å². The van der Waals surface area contributed by atoms with Gasteiger partial charge in [0.15, 0.2) is 0 Å². The number of sulfonamides is 1. The van der Waals surface area contributed by atoms with Crippen molar-refractivity contribution in [3.05, 3.63) is 83.4 Å². The number of anilines is 1. The first-order valence-electron chi connectivity index (χ1n) is 9.29. The van der Waals surface area contributed by atoms with Crippen molar-refractivity contribution in [2.75, 3.05) is 5.32 Å². The number of rotatable bonds is 4. The number of hydrogen-bond donors (Lipinski definition) is 2. The molecule has 4 aromatic rings. The largest absolute Gasteiger partial charge is 0.321 e. The maximum absolute atomic E-state index is 12.7. The predicted molar refractivity (Wildman–Crippen MR) is 121 cm³/mol. The molecule has 0 aliphatic carbocycles. The molecular formula is C22H16N4O3S2. The van der Waals surface area contributed by atoms with Crippen molar-refractivity contribution in [2.45, 2.75) is 4.90 Å². The number of para-hydroxylation sites is 1. The molecule has 154 valence electrons. The standard InChI is InChI=1S/C22H16N4O3S2/c23-31(28,29)16-8-9-19-17(12-16)18(22(27)24-19)11-14-13-26(15-5-2-1-3-6-15)25-21(14)20-7-4-10-30-20/h1-13H,(H,24,27)(H2,23,28,29)/b18-11-. The first kappa shape index (κ1) is 19.4. The summed E-state index contributed by atoms with van der Waals surface area (Å²) in [5.41, 5.74) is 3.74. The van der Waals surface area contributed by atoms with Crippen LogP contribution in [0.1, 0.15) is 11.1 Å². The number of benzene rings is 2. The molecule has 2 aromatic carbocycles. The van der Waals surface area contributed by atoms with Crippen LogP contribution in [0.4, 0.5) is 5.69 Å². The second kappa shape index (κ2) is 7.31. The molecule has 0 bridgehead atoms. The maximum Gasteiger partial charge on any atom is 0.256 e. The third-order valence-corrected chi connectivity index (χ3v) is 6.71. The zero-order valence-corrected chi connectivity index (χ0v) is 17.7. The molecule has 3 heterocycles. The van der Waals surface area contributed by atoms with E-state index in [1.807, 2.05) is 54.0 Å². The van der Waals surface area contributed by atoms with Crippen molar-refractivity contribution >= 4 is 44.6 Å². The van der Waals surface area contributed by atoms with Gasteiger partial charge in [-0.05, 0) is 47.9 Å². The van der Waals surface area contributed by atoms with Crippen LogP contribution in [-0.4, -0.2) is 24.1 Å². The number of primary sulfonamides is 1. The lowest BCUT2D eigenvalue weighted by molar-refractivity contribution is -0.110. The van der Waals surface area contributed by atoms with Crippen LogP contribution in [0.2, 0.25) is 0 Å². The molecule has 31 heavy (non-hydrogen) atoms. The first-order valence-corrected chi connectivity index (χ1v) is 11.7. The molecule has 7 nitrogen and oxygen atoms in total.